The van der Waals surface area contributed by atoms with Crippen LogP contribution in [0.25, 0.3) is 0 Å². The number of aliphatic hydroxyl groups is 16. The topological polar surface area (TPSA) is 504 Å². The van der Waals surface area contributed by atoms with E-state index < -0.39 is 219 Å². The molecule has 0 spiro atoms. The quantitative estimate of drug-likeness (QED) is 0.0354. The highest BCUT2D eigenvalue weighted by atomic mass is 31.2. The summed E-state index contributed by atoms with van der Waals surface area (Å²) in [6.45, 7) is -3.98. The van der Waals surface area contributed by atoms with Crippen LogP contribution in [0.1, 0.15) is 13.8 Å². The van der Waals surface area contributed by atoms with Crippen molar-refractivity contribution in [2.75, 3.05) is 52.8 Å². The van der Waals surface area contributed by atoms with Crippen molar-refractivity contribution in [3.8, 4) is 0 Å². The summed E-state index contributed by atoms with van der Waals surface area (Å²) in [4.78, 5) is 22.7. The molecule has 0 aromatic rings. The lowest BCUT2D eigenvalue weighted by atomic mass is 9.93. The lowest BCUT2D eigenvalue weighted by Crippen LogP contribution is -2.71. The number of phosphoric ester groups is 1. The molecule has 3 unspecified atom stereocenters. The van der Waals surface area contributed by atoms with Crippen LogP contribution in [-0.4, -0.2) is 305 Å². The van der Waals surface area contributed by atoms with E-state index in [4.69, 9.17) is 52.3 Å². The van der Waals surface area contributed by atoms with Crippen LogP contribution >= 0.6 is 7.82 Å². The third-order valence-electron chi connectivity index (χ3n) is 12.0. The number of rotatable bonds is 22. The molecule has 33 heteroatoms. The fraction of sp³-hybridized carbons (Fsp3) is 0.973. The van der Waals surface area contributed by atoms with Crippen molar-refractivity contribution in [2.45, 2.75) is 173 Å². The predicted octanol–water partition coefficient (Wildman–Crippen LogP) is -11.7. The maximum Gasteiger partial charge on any atom is 0.472 e. The molecule has 5 heterocycles. The molecular weight excluding hydrogens is 983 g/mol. The van der Waals surface area contributed by atoms with E-state index in [0.29, 0.717) is 0 Å². The van der Waals surface area contributed by atoms with Crippen molar-refractivity contribution >= 4 is 13.7 Å². The number of carbonyl (C=O) groups excluding carboxylic acids is 1. The summed E-state index contributed by atoms with van der Waals surface area (Å²) < 4.78 is 73.7. The Hall–Kier alpha value is -1.46. The van der Waals surface area contributed by atoms with Gasteiger partial charge in [0.25, 0.3) is 0 Å². The number of hydrogen-bond acceptors (Lipinski definition) is 30. The minimum atomic E-state index is -4.71. The molecule has 5 saturated heterocycles. The zero-order chi connectivity index (χ0) is 51.9. The molecule has 0 aromatic heterocycles. The zero-order valence-electron chi connectivity index (χ0n) is 37.5. The highest BCUT2D eigenvalue weighted by Crippen LogP contribution is 2.43. The normalized spacial score (nSPS) is 46.2. The lowest BCUT2D eigenvalue weighted by molar-refractivity contribution is -0.389. The molecule has 5 rings (SSSR count). The first kappa shape index (κ1) is 59.4. The van der Waals surface area contributed by atoms with E-state index in [0.717, 1.165) is 6.92 Å². The van der Waals surface area contributed by atoms with Crippen molar-refractivity contribution in [1.29, 1.82) is 0 Å². The number of phosphoric acid groups is 1. The van der Waals surface area contributed by atoms with Crippen LogP contribution in [0.2, 0.25) is 0 Å². The summed E-state index contributed by atoms with van der Waals surface area (Å²) in [5.74, 6) is -0.862. The number of amides is 1. The van der Waals surface area contributed by atoms with Crippen LogP contribution in [0.3, 0.4) is 0 Å². The Morgan fingerprint density at radius 3 is 1.64 bits per heavy atom. The average Bonchev–Trinajstić information content (AvgIpc) is 3.33. The Kier molecular flexibility index (Phi) is 22.4. The van der Waals surface area contributed by atoms with E-state index in [9.17, 15) is 90.9 Å². The molecule has 5 aliphatic rings. The average molecular weight is 1050 g/mol. The van der Waals surface area contributed by atoms with Crippen molar-refractivity contribution in [3.05, 3.63) is 0 Å². The van der Waals surface area contributed by atoms with Gasteiger partial charge in [0.1, 0.15) is 128 Å². The van der Waals surface area contributed by atoms with Crippen LogP contribution in [0.15, 0.2) is 0 Å². The molecule has 1 amide bonds. The Morgan fingerprint density at radius 2 is 1.06 bits per heavy atom. The van der Waals surface area contributed by atoms with Crippen LogP contribution in [-0.2, 0) is 61.0 Å². The van der Waals surface area contributed by atoms with Crippen molar-refractivity contribution in [1.82, 2.24) is 10.6 Å². The minimum absolute atomic E-state index is 0.348. The molecule has 0 bridgehead atoms. The second-order valence-electron chi connectivity index (χ2n) is 17.1. The van der Waals surface area contributed by atoms with Gasteiger partial charge in [-0.25, -0.2) is 4.57 Å². The zero-order valence-corrected chi connectivity index (χ0v) is 38.4. The first-order valence-corrected chi connectivity index (χ1v) is 23.6. The summed E-state index contributed by atoms with van der Waals surface area (Å²) in [6.07, 6.45) is -45.6. The number of hydrogen-bond donors (Lipinski definition) is 19. The summed E-state index contributed by atoms with van der Waals surface area (Å²) in [7, 11) is -4.71. The molecule has 0 saturated carbocycles. The molecule has 19 N–H and O–H groups in total. The fourth-order valence-corrected chi connectivity index (χ4v) is 8.95. The largest absolute Gasteiger partial charge is 0.472 e. The molecule has 5 fully saturated rings. The van der Waals surface area contributed by atoms with E-state index in [2.05, 4.69) is 15.2 Å². The molecule has 32 nitrogen and oxygen atoms in total. The van der Waals surface area contributed by atoms with Gasteiger partial charge in [-0.3, -0.25) is 19.2 Å². The van der Waals surface area contributed by atoms with Gasteiger partial charge in [0, 0.05) is 13.5 Å². The van der Waals surface area contributed by atoms with E-state index in [1.165, 1.54) is 6.92 Å². The van der Waals surface area contributed by atoms with Crippen LogP contribution < -0.4 is 10.6 Å². The van der Waals surface area contributed by atoms with Crippen LogP contribution in [0.5, 0.6) is 0 Å². The van der Waals surface area contributed by atoms with Gasteiger partial charge < -0.3 is 135 Å². The second kappa shape index (κ2) is 26.3. The number of nitrogens with one attached hydrogen (secondary N) is 2. The van der Waals surface area contributed by atoms with Crippen LogP contribution in [0.4, 0.5) is 0 Å². The maximum absolute atomic E-state index is 12.9. The van der Waals surface area contributed by atoms with Crippen LogP contribution in [0, 0.1) is 0 Å². The molecule has 70 heavy (non-hydrogen) atoms. The van der Waals surface area contributed by atoms with Crippen molar-refractivity contribution < 1.29 is 148 Å². The Labute approximate surface area is 397 Å². The van der Waals surface area contributed by atoms with Crippen molar-refractivity contribution in [2.24, 2.45) is 0 Å². The van der Waals surface area contributed by atoms with Gasteiger partial charge >= 0.3 is 7.82 Å². The van der Waals surface area contributed by atoms with Gasteiger partial charge in [-0.1, -0.05) is 0 Å². The van der Waals surface area contributed by atoms with E-state index in [1.807, 2.05) is 0 Å². The molecular formula is C37H67N2O30P. The second-order valence-corrected chi connectivity index (χ2v) is 18.5. The third kappa shape index (κ3) is 14.1. The fourth-order valence-electron chi connectivity index (χ4n) is 8.19. The molecule has 0 radical (unpaired) electrons. The van der Waals surface area contributed by atoms with Gasteiger partial charge in [-0.05, 0) is 6.92 Å². The third-order valence-corrected chi connectivity index (χ3v) is 13.0. The Bertz CT molecular complexity index is 1650. The monoisotopic (exact) mass is 1050 g/mol. The van der Waals surface area contributed by atoms with Crippen molar-refractivity contribution in [3.63, 3.8) is 0 Å². The SMILES string of the molecule is CC(=O)N[C@H]1[C@H](O[C@H]2[C@@H](O)[C@@H](CO)O[C@@H](O[C@H]3[C@H](O)[C@@H](O)C(NCCOP(=O)(O)OCC(O)CO)O[C@@H]3CO)[C@@H]2O)O[C@H](CO)[C@@H](O[C@@H]2O[C@H](CO)[C@H](O)[C@H](O)[C@H]2O)[C@@H]1O[C@@H]1O[C@@H](C)[C@@H](O)[C@@H](O)[C@@H]1O. The van der Waals surface area contributed by atoms with E-state index in [1.54, 1.807) is 0 Å². The summed E-state index contributed by atoms with van der Waals surface area (Å²) >= 11 is 0. The predicted molar refractivity (Wildman–Crippen MR) is 217 cm³/mol. The summed E-state index contributed by atoms with van der Waals surface area (Å²) in [6, 6.07) is -1.78. The Morgan fingerprint density at radius 1 is 0.557 bits per heavy atom. The summed E-state index contributed by atoms with van der Waals surface area (Å²) in [5, 5.41) is 173. The highest BCUT2D eigenvalue weighted by Gasteiger charge is 2.58. The minimum Gasteiger partial charge on any atom is -0.394 e. The first-order chi connectivity index (χ1) is 33.0. The number of carbonyl (C=O) groups is 1. The lowest BCUT2D eigenvalue weighted by Gasteiger charge is -2.51. The van der Waals surface area contributed by atoms with E-state index >= 15 is 0 Å². The van der Waals surface area contributed by atoms with Gasteiger partial charge in [-0.15, -0.1) is 0 Å². The number of aliphatic hydroxyl groups excluding tert-OH is 16. The summed E-state index contributed by atoms with van der Waals surface area (Å²) in [5.41, 5.74) is 0. The molecule has 410 valence electrons. The molecule has 0 aliphatic carbocycles. The molecule has 27 atom stereocenters. The molecule has 5 aliphatic heterocycles. The molecule has 0 aromatic carbocycles. The number of ether oxygens (including phenoxy) is 9. The van der Waals surface area contributed by atoms with Gasteiger partial charge in [-0.2, -0.15) is 0 Å². The first-order valence-electron chi connectivity index (χ1n) is 22.1. The smallest absolute Gasteiger partial charge is 0.394 e. The van der Waals surface area contributed by atoms with E-state index in [-0.39, 0.29) is 6.54 Å². The maximum atomic E-state index is 12.9. The highest BCUT2D eigenvalue weighted by molar-refractivity contribution is 7.47. The van der Waals surface area contributed by atoms with Gasteiger partial charge in [0.15, 0.2) is 25.2 Å². The van der Waals surface area contributed by atoms with Gasteiger partial charge in [0.05, 0.1) is 52.4 Å². The standard InChI is InChI=1S/C37H67N2O30P/c1-11-19(47)22(50)26(54)35(61-11)68-31-18(39-12(2)45)34(65-17(9-44)30(31)67-36-27(55)23(51)20(48)14(6-41)63-36)69-32-21(49)15(7-42)64-37(28(32)56)66-29-16(8-43)62-33(25(53)24(29)52)38-3-4-59-70(57,58)60-10-13(46)5-40/h11,13-38,40-44,46-56H,3-10H2,1-2H3,(H,39,45)(H,57,58)/t11-,13?,14+,15+,16+,17+,18+,19+,20-,21-,22+,23-,24+,25+,26-,27+,28+,29+,30+,31+,32-,33?,34-,35-,36-,37-/m0/s1. The van der Waals surface area contributed by atoms with Gasteiger partial charge in [0.2, 0.25) is 5.91 Å². The Balaban J connectivity index is 1.38.